The third-order valence-electron chi connectivity index (χ3n) is 3.87. The highest BCUT2D eigenvalue weighted by atomic mass is 32.1. The van der Waals surface area contributed by atoms with Gasteiger partial charge in [0.15, 0.2) is 0 Å². The van der Waals surface area contributed by atoms with Gasteiger partial charge >= 0.3 is 0 Å². The van der Waals surface area contributed by atoms with Crippen LogP contribution in [0.25, 0.3) is 21.3 Å². The number of hydrogen-bond acceptors (Lipinski definition) is 5. The third kappa shape index (κ3) is 2.55. The number of aryl methyl sites for hydroxylation is 1. The van der Waals surface area contributed by atoms with Crippen LogP contribution in [0.15, 0.2) is 41.5 Å². The topological polar surface area (TPSA) is 75.0 Å². The van der Waals surface area contributed by atoms with Crippen molar-refractivity contribution in [3.63, 3.8) is 0 Å². The molecule has 5 nitrogen and oxygen atoms in total. The summed E-state index contributed by atoms with van der Waals surface area (Å²) in [5.74, 6) is -1.27. The molecule has 2 aromatic heterocycles. The summed E-state index contributed by atoms with van der Waals surface area (Å²) >= 11 is 1.44. The number of carbonyl (C=O) groups is 1. The molecule has 0 spiro atoms. The van der Waals surface area contributed by atoms with E-state index in [0.717, 1.165) is 20.6 Å². The number of carboxylic acid groups (broad SMARTS) is 1. The van der Waals surface area contributed by atoms with E-state index in [1.807, 2.05) is 37.3 Å². The predicted molar refractivity (Wildman–Crippen MR) is 88.4 cm³/mol. The molecule has 0 saturated heterocycles. The van der Waals surface area contributed by atoms with Crippen molar-refractivity contribution >= 4 is 27.5 Å². The van der Waals surface area contributed by atoms with E-state index in [-0.39, 0.29) is 12.0 Å². The number of nitrogens with zero attached hydrogens (tertiary/aromatic N) is 2. The van der Waals surface area contributed by atoms with E-state index < -0.39 is 12.0 Å². The summed E-state index contributed by atoms with van der Waals surface area (Å²) < 4.78 is 1.16. The fourth-order valence-electron chi connectivity index (χ4n) is 2.77. The summed E-state index contributed by atoms with van der Waals surface area (Å²) in [6.45, 7) is 3.64. The molecule has 2 heterocycles. The Hall–Kier alpha value is -2.47. The first kappa shape index (κ1) is 15.4. The van der Waals surface area contributed by atoms with Crippen molar-refractivity contribution in [3.8, 4) is 11.1 Å². The van der Waals surface area contributed by atoms with Crippen LogP contribution in [0.4, 0.5) is 0 Å². The molecule has 0 bridgehead atoms. The molecule has 1 atom stereocenters. The molecular weight excluding hydrogens is 312 g/mol. The van der Waals surface area contributed by atoms with Gasteiger partial charge in [0.05, 0.1) is 23.7 Å². The summed E-state index contributed by atoms with van der Waals surface area (Å²) in [6.07, 6.45) is 1.57. The van der Waals surface area contributed by atoms with E-state index in [1.54, 1.807) is 6.92 Å². The Bertz CT molecular complexity index is 928. The molecule has 0 amide bonds. The molecule has 1 unspecified atom stereocenters. The Morgan fingerprint density at radius 2 is 2.04 bits per heavy atom. The Kier molecular flexibility index (Phi) is 4.00. The summed E-state index contributed by atoms with van der Waals surface area (Å²) in [5.41, 5.74) is 1.41. The quantitative estimate of drug-likeness (QED) is 0.736. The number of carboxylic acids is 1. The van der Waals surface area contributed by atoms with Gasteiger partial charge in [-0.05, 0) is 18.9 Å². The molecule has 0 aliphatic heterocycles. The first-order valence-electron chi connectivity index (χ1n) is 7.31. The zero-order valence-electron chi connectivity index (χ0n) is 12.8. The van der Waals surface area contributed by atoms with Crippen LogP contribution in [-0.2, 0) is 4.79 Å². The van der Waals surface area contributed by atoms with Crippen LogP contribution in [0.1, 0.15) is 24.3 Å². The van der Waals surface area contributed by atoms with Crippen LogP contribution in [0.5, 0.6) is 0 Å². The molecule has 0 saturated carbocycles. The lowest BCUT2D eigenvalue weighted by molar-refractivity contribution is -0.310. The van der Waals surface area contributed by atoms with E-state index in [4.69, 9.17) is 0 Å². The van der Waals surface area contributed by atoms with Crippen molar-refractivity contribution in [2.45, 2.75) is 26.3 Å². The zero-order valence-corrected chi connectivity index (χ0v) is 13.6. The number of carbonyl (C=O) groups excluding carboxylic acids is 1. The number of hydrogen-bond donors (Lipinski definition) is 0. The summed E-state index contributed by atoms with van der Waals surface area (Å²) in [4.78, 5) is 30.1. The van der Waals surface area contributed by atoms with E-state index in [9.17, 15) is 14.7 Å². The molecule has 3 aromatic rings. The van der Waals surface area contributed by atoms with Crippen LogP contribution >= 0.6 is 11.3 Å². The normalized spacial score (nSPS) is 12.4. The predicted octanol–water partition coefficient (Wildman–Crippen LogP) is 2.13. The molecule has 0 aliphatic carbocycles. The molecule has 0 aliphatic rings. The highest BCUT2D eigenvalue weighted by molar-refractivity contribution is 7.19. The SMILES string of the molecule is CCC(C(=O)[O-])n1cnc2sc(C)c(-c3ccccc3)c2c1=O. The maximum absolute atomic E-state index is 12.9. The summed E-state index contributed by atoms with van der Waals surface area (Å²) in [7, 11) is 0. The second kappa shape index (κ2) is 5.96. The van der Waals surface area contributed by atoms with Gasteiger partial charge in [0.1, 0.15) is 4.83 Å². The van der Waals surface area contributed by atoms with Gasteiger partial charge in [-0.15, -0.1) is 11.3 Å². The van der Waals surface area contributed by atoms with Crippen molar-refractivity contribution in [3.05, 3.63) is 51.9 Å². The molecule has 6 heteroatoms. The minimum atomic E-state index is -1.27. The Morgan fingerprint density at radius 3 is 2.65 bits per heavy atom. The van der Waals surface area contributed by atoms with Crippen molar-refractivity contribution in [1.29, 1.82) is 0 Å². The van der Waals surface area contributed by atoms with Crippen LogP contribution in [0.2, 0.25) is 0 Å². The molecular formula is C17H15N2O3S-. The van der Waals surface area contributed by atoms with Crippen LogP contribution in [-0.4, -0.2) is 15.5 Å². The van der Waals surface area contributed by atoms with Crippen molar-refractivity contribution < 1.29 is 9.90 Å². The molecule has 118 valence electrons. The van der Waals surface area contributed by atoms with E-state index in [2.05, 4.69) is 4.98 Å². The standard InChI is InChI=1S/C17H16N2O3S/c1-3-12(17(21)22)19-9-18-15-14(16(19)20)13(10(2)23-15)11-7-5-4-6-8-11/h4-9,12H,3H2,1-2H3,(H,21,22)/p-1. The van der Waals surface area contributed by atoms with Crippen molar-refractivity contribution in [2.75, 3.05) is 0 Å². The van der Waals surface area contributed by atoms with Crippen molar-refractivity contribution in [1.82, 2.24) is 9.55 Å². The fraction of sp³-hybridized carbons (Fsp3) is 0.235. The molecule has 1 aromatic carbocycles. The second-order valence-electron chi connectivity index (χ2n) is 5.28. The first-order valence-corrected chi connectivity index (χ1v) is 8.12. The first-order chi connectivity index (χ1) is 11.0. The monoisotopic (exact) mass is 327 g/mol. The molecule has 0 radical (unpaired) electrons. The van der Waals surface area contributed by atoms with Gasteiger partial charge in [-0.3, -0.25) is 9.36 Å². The van der Waals surface area contributed by atoms with Crippen LogP contribution in [0, 0.1) is 6.92 Å². The maximum Gasteiger partial charge on any atom is 0.263 e. The van der Waals surface area contributed by atoms with Gasteiger partial charge in [-0.2, -0.15) is 0 Å². The number of aromatic nitrogens is 2. The highest BCUT2D eigenvalue weighted by Gasteiger charge is 2.19. The van der Waals surface area contributed by atoms with Crippen LogP contribution in [0.3, 0.4) is 0 Å². The summed E-state index contributed by atoms with van der Waals surface area (Å²) in [6, 6.07) is 8.57. The summed E-state index contributed by atoms with van der Waals surface area (Å²) in [5, 5.41) is 11.8. The molecule has 0 N–H and O–H groups in total. The van der Waals surface area contributed by atoms with Gasteiger partial charge < -0.3 is 9.90 Å². The number of aliphatic carboxylic acids is 1. The largest absolute Gasteiger partial charge is 0.548 e. The molecule has 0 fully saturated rings. The van der Waals surface area contributed by atoms with E-state index in [1.165, 1.54) is 17.7 Å². The van der Waals surface area contributed by atoms with Crippen LogP contribution < -0.4 is 10.7 Å². The lowest BCUT2D eigenvalue weighted by atomic mass is 10.0. The number of thiophene rings is 1. The Labute approximate surface area is 136 Å². The second-order valence-corrected chi connectivity index (χ2v) is 6.48. The van der Waals surface area contributed by atoms with Gasteiger partial charge in [0, 0.05) is 10.4 Å². The lowest BCUT2D eigenvalue weighted by Crippen LogP contribution is -2.37. The van der Waals surface area contributed by atoms with E-state index in [0.29, 0.717) is 10.2 Å². The van der Waals surface area contributed by atoms with E-state index >= 15 is 0 Å². The molecule has 3 rings (SSSR count). The fourth-order valence-corrected chi connectivity index (χ4v) is 3.77. The number of rotatable bonds is 4. The lowest BCUT2D eigenvalue weighted by Gasteiger charge is -2.18. The number of benzene rings is 1. The minimum Gasteiger partial charge on any atom is -0.548 e. The van der Waals surface area contributed by atoms with Gasteiger partial charge in [-0.25, -0.2) is 4.98 Å². The van der Waals surface area contributed by atoms with Gasteiger partial charge in [0.25, 0.3) is 5.56 Å². The highest BCUT2D eigenvalue weighted by Crippen LogP contribution is 2.35. The third-order valence-corrected chi connectivity index (χ3v) is 4.88. The maximum atomic E-state index is 12.9. The Morgan fingerprint density at radius 1 is 1.35 bits per heavy atom. The van der Waals surface area contributed by atoms with Crippen molar-refractivity contribution in [2.24, 2.45) is 0 Å². The smallest absolute Gasteiger partial charge is 0.263 e. The van der Waals surface area contributed by atoms with Gasteiger partial charge in [0.2, 0.25) is 0 Å². The molecule has 23 heavy (non-hydrogen) atoms. The Balaban J connectivity index is 2.33. The average Bonchev–Trinajstić information content (AvgIpc) is 2.88. The van der Waals surface area contributed by atoms with Gasteiger partial charge in [-0.1, -0.05) is 37.3 Å². The average molecular weight is 327 g/mol. The minimum absolute atomic E-state index is 0.263. The number of fused-ring (bicyclic) bond motifs is 1. The zero-order chi connectivity index (χ0) is 16.6.